The van der Waals surface area contributed by atoms with Gasteiger partial charge in [0.05, 0.1) is 0 Å². The normalized spacial score (nSPS) is 12.2. The Bertz CT molecular complexity index is 665. The first-order valence-electron chi connectivity index (χ1n) is 7.95. The third kappa shape index (κ3) is 4.82. The van der Waals surface area contributed by atoms with Crippen LogP contribution in [-0.4, -0.2) is 29.4 Å². The summed E-state index contributed by atoms with van der Waals surface area (Å²) in [5.74, 6) is -0.658. The maximum Gasteiger partial charge on any atom is 0.239 e. The van der Waals surface area contributed by atoms with Gasteiger partial charge in [-0.15, -0.1) is 0 Å². The topological polar surface area (TPSA) is 114 Å². The molecule has 1 aromatic heterocycles. The summed E-state index contributed by atoms with van der Waals surface area (Å²) in [6.45, 7) is 0.569. The fourth-order valence-corrected chi connectivity index (χ4v) is 2.63. The van der Waals surface area contributed by atoms with E-state index in [9.17, 15) is 9.59 Å². The molecule has 1 aromatic carbocycles. The molecule has 6 N–H and O–H groups in total. The summed E-state index contributed by atoms with van der Waals surface area (Å²) in [5.41, 5.74) is 12.9. The third-order valence-electron chi connectivity index (χ3n) is 3.92. The first-order valence-corrected chi connectivity index (χ1v) is 7.95. The van der Waals surface area contributed by atoms with Gasteiger partial charge in [-0.2, -0.15) is 0 Å². The van der Waals surface area contributed by atoms with Crippen molar-refractivity contribution in [2.75, 3.05) is 6.54 Å². The van der Waals surface area contributed by atoms with Crippen molar-refractivity contribution in [2.24, 2.45) is 11.5 Å². The first kappa shape index (κ1) is 17.0. The van der Waals surface area contributed by atoms with Gasteiger partial charge in [0.1, 0.15) is 6.04 Å². The smallest absolute Gasteiger partial charge is 0.239 e. The van der Waals surface area contributed by atoms with Crippen LogP contribution < -0.4 is 16.8 Å². The molecule has 0 saturated carbocycles. The molecule has 6 heteroatoms. The molecule has 0 aliphatic carbocycles. The fourth-order valence-electron chi connectivity index (χ4n) is 2.63. The number of carbonyl (C=O) groups excluding carboxylic acids is 2. The molecule has 2 aromatic rings. The Morgan fingerprint density at radius 1 is 1.22 bits per heavy atom. The summed E-state index contributed by atoms with van der Waals surface area (Å²) < 4.78 is 0. The molecule has 6 nitrogen and oxygen atoms in total. The van der Waals surface area contributed by atoms with Crippen LogP contribution in [0.15, 0.2) is 30.5 Å². The average molecular weight is 316 g/mol. The van der Waals surface area contributed by atoms with Gasteiger partial charge in [0.15, 0.2) is 0 Å². The van der Waals surface area contributed by atoms with Crippen molar-refractivity contribution in [1.82, 2.24) is 10.3 Å². The van der Waals surface area contributed by atoms with E-state index in [0.29, 0.717) is 25.8 Å². The van der Waals surface area contributed by atoms with E-state index in [1.165, 1.54) is 0 Å². The lowest BCUT2D eigenvalue weighted by Gasteiger charge is -2.15. The molecule has 0 bridgehead atoms. The molecule has 1 heterocycles. The van der Waals surface area contributed by atoms with Crippen molar-refractivity contribution in [1.29, 1.82) is 0 Å². The molecule has 0 fully saturated rings. The van der Waals surface area contributed by atoms with E-state index >= 15 is 0 Å². The number of unbranched alkanes of at least 4 members (excludes halogenated alkanes) is 1. The van der Waals surface area contributed by atoms with E-state index in [-0.39, 0.29) is 5.91 Å². The van der Waals surface area contributed by atoms with Gasteiger partial charge in [-0.1, -0.05) is 18.2 Å². The molecule has 124 valence electrons. The molecule has 0 aliphatic heterocycles. The predicted molar refractivity (Wildman–Crippen MR) is 90.7 cm³/mol. The molecular formula is C17H24N4O2. The SMILES string of the molecule is NCCCC[C@H](NC(=O)CCc1c[nH]c2ccccc12)C(N)=O. The molecule has 1 atom stereocenters. The van der Waals surface area contributed by atoms with E-state index in [2.05, 4.69) is 10.3 Å². The lowest BCUT2D eigenvalue weighted by Crippen LogP contribution is -2.44. The standard InChI is InChI=1S/C17H24N4O2/c18-10-4-3-7-15(17(19)23)21-16(22)9-8-12-11-20-14-6-2-1-5-13(12)14/h1-2,5-6,11,15,20H,3-4,7-10,18H2,(H2,19,23)(H,21,22)/t15-/m0/s1. The van der Waals surface area contributed by atoms with Crippen molar-refractivity contribution < 1.29 is 9.59 Å². The Morgan fingerprint density at radius 2 is 2.00 bits per heavy atom. The number of H-pyrrole nitrogens is 1. The van der Waals surface area contributed by atoms with Crippen molar-refractivity contribution in [3.8, 4) is 0 Å². The van der Waals surface area contributed by atoms with E-state index < -0.39 is 11.9 Å². The van der Waals surface area contributed by atoms with E-state index in [4.69, 9.17) is 11.5 Å². The minimum Gasteiger partial charge on any atom is -0.368 e. The van der Waals surface area contributed by atoms with Crippen LogP contribution in [0.5, 0.6) is 0 Å². The van der Waals surface area contributed by atoms with Gasteiger partial charge >= 0.3 is 0 Å². The maximum atomic E-state index is 12.1. The summed E-state index contributed by atoms with van der Waals surface area (Å²) in [6.07, 6.45) is 4.98. The number of aromatic nitrogens is 1. The second kappa shape index (κ2) is 8.33. The Hall–Kier alpha value is -2.34. The van der Waals surface area contributed by atoms with Crippen LogP contribution in [0.2, 0.25) is 0 Å². The summed E-state index contributed by atoms with van der Waals surface area (Å²) in [6, 6.07) is 7.35. The van der Waals surface area contributed by atoms with Gasteiger partial charge < -0.3 is 21.8 Å². The van der Waals surface area contributed by atoms with Crippen LogP contribution in [-0.2, 0) is 16.0 Å². The molecule has 0 unspecified atom stereocenters. The number of rotatable bonds is 9. The van der Waals surface area contributed by atoms with E-state index in [1.807, 2.05) is 30.5 Å². The number of hydrogen-bond donors (Lipinski definition) is 4. The molecule has 0 saturated heterocycles. The molecular weight excluding hydrogens is 292 g/mol. The third-order valence-corrected chi connectivity index (χ3v) is 3.92. The number of nitrogens with two attached hydrogens (primary N) is 2. The van der Waals surface area contributed by atoms with Crippen molar-refractivity contribution >= 4 is 22.7 Å². The summed E-state index contributed by atoms with van der Waals surface area (Å²) >= 11 is 0. The number of amides is 2. The largest absolute Gasteiger partial charge is 0.368 e. The zero-order valence-electron chi connectivity index (χ0n) is 13.2. The molecule has 0 spiro atoms. The van der Waals surface area contributed by atoms with Crippen LogP contribution >= 0.6 is 0 Å². The lowest BCUT2D eigenvalue weighted by molar-refractivity contribution is -0.127. The van der Waals surface area contributed by atoms with Gasteiger partial charge in [0, 0.05) is 23.5 Å². The number of benzene rings is 1. The highest BCUT2D eigenvalue weighted by molar-refractivity contribution is 5.87. The number of fused-ring (bicyclic) bond motifs is 1. The monoisotopic (exact) mass is 316 g/mol. The number of para-hydroxylation sites is 1. The Kier molecular flexibility index (Phi) is 6.17. The van der Waals surface area contributed by atoms with E-state index in [1.54, 1.807) is 0 Å². The summed E-state index contributed by atoms with van der Waals surface area (Å²) in [5, 5.41) is 3.84. The molecule has 0 aliphatic rings. The minimum atomic E-state index is -0.614. The molecule has 0 radical (unpaired) electrons. The number of primary amides is 1. The number of hydrogen-bond acceptors (Lipinski definition) is 3. The van der Waals surface area contributed by atoms with Gasteiger partial charge in [-0.25, -0.2) is 0 Å². The minimum absolute atomic E-state index is 0.160. The average Bonchev–Trinajstić information content (AvgIpc) is 2.95. The highest BCUT2D eigenvalue weighted by Gasteiger charge is 2.17. The second-order valence-corrected chi connectivity index (χ2v) is 5.67. The molecule has 2 rings (SSSR count). The zero-order chi connectivity index (χ0) is 16.7. The highest BCUT2D eigenvalue weighted by Crippen LogP contribution is 2.18. The van der Waals surface area contributed by atoms with E-state index in [0.717, 1.165) is 29.3 Å². The van der Waals surface area contributed by atoms with Gasteiger partial charge in [-0.05, 0) is 43.9 Å². The van der Waals surface area contributed by atoms with Crippen molar-refractivity contribution in [3.05, 3.63) is 36.0 Å². The second-order valence-electron chi connectivity index (χ2n) is 5.67. The fraction of sp³-hybridized carbons (Fsp3) is 0.412. The number of nitrogens with one attached hydrogen (secondary N) is 2. The number of aryl methyl sites for hydroxylation is 1. The van der Waals surface area contributed by atoms with Crippen LogP contribution in [0.3, 0.4) is 0 Å². The predicted octanol–water partition coefficient (Wildman–Crippen LogP) is 1.20. The van der Waals surface area contributed by atoms with Gasteiger partial charge in [-0.3, -0.25) is 9.59 Å². The Labute approximate surface area is 135 Å². The van der Waals surface area contributed by atoms with Crippen LogP contribution in [0, 0.1) is 0 Å². The quantitative estimate of drug-likeness (QED) is 0.521. The Balaban J connectivity index is 1.87. The maximum absolute atomic E-state index is 12.1. The van der Waals surface area contributed by atoms with Gasteiger partial charge in [0.25, 0.3) is 0 Å². The molecule has 23 heavy (non-hydrogen) atoms. The van der Waals surface area contributed by atoms with Crippen LogP contribution in [0.25, 0.3) is 10.9 Å². The number of aromatic amines is 1. The summed E-state index contributed by atoms with van der Waals surface area (Å²) in [4.78, 5) is 26.7. The Morgan fingerprint density at radius 3 is 2.74 bits per heavy atom. The van der Waals surface area contributed by atoms with Crippen LogP contribution in [0.1, 0.15) is 31.2 Å². The van der Waals surface area contributed by atoms with Crippen LogP contribution in [0.4, 0.5) is 0 Å². The zero-order valence-corrected chi connectivity index (χ0v) is 13.2. The van der Waals surface area contributed by atoms with Crippen molar-refractivity contribution in [2.45, 2.75) is 38.1 Å². The highest BCUT2D eigenvalue weighted by atomic mass is 16.2. The lowest BCUT2D eigenvalue weighted by atomic mass is 10.1. The summed E-state index contributed by atoms with van der Waals surface area (Å²) in [7, 11) is 0. The van der Waals surface area contributed by atoms with Gasteiger partial charge in [0.2, 0.25) is 11.8 Å². The molecule has 2 amide bonds. The van der Waals surface area contributed by atoms with Crippen molar-refractivity contribution in [3.63, 3.8) is 0 Å². The number of carbonyl (C=O) groups is 2. The first-order chi connectivity index (χ1) is 11.1.